The maximum atomic E-state index is 14.2. The Labute approximate surface area is 141 Å². The number of amides is 1. The predicted octanol–water partition coefficient (Wildman–Crippen LogP) is 3.75. The van der Waals surface area contributed by atoms with Crippen LogP contribution in [0.2, 0.25) is 0 Å². The molecule has 1 N–H and O–H groups in total. The van der Waals surface area contributed by atoms with Gasteiger partial charge in [-0.1, -0.05) is 11.2 Å². The second kappa shape index (κ2) is 6.54. The van der Waals surface area contributed by atoms with E-state index in [1.807, 2.05) is 0 Å². The van der Waals surface area contributed by atoms with E-state index in [2.05, 4.69) is 10.5 Å². The number of benzene rings is 2. The van der Waals surface area contributed by atoms with Gasteiger partial charge in [0.05, 0.1) is 16.9 Å². The summed E-state index contributed by atoms with van der Waals surface area (Å²) < 4.78 is 41.9. The van der Waals surface area contributed by atoms with Crippen molar-refractivity contribution < 1.29 is 18.0 Å². The van der Waals surface area contributed by atoms with E-state index in [1.165, 1.54) is 17.0 Å². The summed E-state index contributed by atoms with van der Waals surface area (Å²) in [4.78, 5) is 24.2. The third kappa shape index (κ3) is 3.19. The molecule has 25 heavy (non-hydrogen) atoms. The van der Waals surface area contributed by atoms with Gasteiger partial charge in [-0.15, -0.1) is 0 Å². The Bertz CT molecular complexity index is 851. The topological polar surface area (TPSA) is 61.8 Å². The van der Waals surface area contributed by atoms with Crippen LogP contribution in [0.4, 0.5) is 24.5 Å². The molecule has 1 amide bonds. The van der Waals surface area contributed by atoms with Crippen molar-refractivity contribution in [1.82, 2.24) is 4.90 Å². The molecule has 0 aromatic heterocycles. The Kier molecular flexibility index (Phi) is 4.43. The first-order valence-electron chi connectivity index (χ1n) is 7.53. The number of carbonyl (C=O) groups is 1. The number of nitrogens with one attached hydrogen (secondary N) is 1. The monoisotopic (exact) mass is 349 g/mol. The summed E-state index contributed by atoms with van der Waals surface area (Å²) in [5, 5.41) is 5.28. The Balaban J connectivity index is 1.96. The van der Waals surface area contributed by atoms with Gasteiger partial charge in [0.2, 0.25) is 0 Å². The van der Waals surface area contributed by atoms with Gasteiger partial charge in [-0.05, 0) is 36.8 Å². The Morgan fingerprint density at radius 2 is 1.88 bits per heavy atom. The van der Waals surface area contributed by atoms with Crippen molar-refractivity contribution in [3.8, 4) is 0 Å². The Morgan fingerprint density at radius 3 is 2.52 bits per heavy atom. The average molecular weight is 349 g/mol. The second-order valence-electron chi connectivity index (χ2n) is 5.86. The van der Waals surface area contributed by atoms with E-state index < -0.39 is 35.1 Å². The normalized spacial score (nSPS) is 14.2. The molecular formula is C17H14F3N3O2. The number of carbonyl (C=O) groups excluding carboxylic acids is 1. The predicted molar refractivity (Wildman–Crippen MR) is 86.3 cm³/mol. The molecule has 8 heteroatoms. The summed E-state index contributed by atoms with van der Waals surface area (Å²) in [7, 11) is 0. The van der Waals surface area contributed by atoms with Crippen molar-refractivity contribution in [2.75, 3.05) is 18.4 Å². The zero-order chi connectivity index (χ0) is 18.1. The highest BCUT2D eigenvalue weighted by molar-refractivity contribution is 6.01. The number of nitrogens with zero attached hydrogens (tertiary/aromatic N) is 2. The molecule has 0 bridgehead atoms. The number of nitroso groups, excluding NO2 is 1. The molecule has 3 rings (SSSR count). The standard InChI is InChI=1S/C17H14F3N3O2/c1-9-2-5-14(13(19)6-9)21-16-11(3-4-12(18)15(16)20)17(24)23-7-10(8-23)22-25/h2-6,10,21H,7-8H2,1H3. The van der Waals surface area contributed by atoms with E-state index >= 15 is 0 Å². The number of aryl methyl sites for hydroxylation is 1. The summed E-state index contributed by atoms with van der Waals surface area (Å²) >= 11 is 0. The van der Waals surface area contributed by atoms with Gasteiger partial charge in [0.1, 0.15) is 11.9 Å². The van der Waals surface area contributed by atoms with Crippen LogP contribution in [0.5, 0.6) is 0 Å². The summed E-state index contributed by atoms with van der Waals surface area (Å²) in [5.74, 6) is -3.69. The van der Waals surface area contributed by atoms with Crippen molar-refractivity contribution in [1.29, 1.82) is 0 Å². The lowest BCUT2D eigenvalue weighted by molar-refractivity contribution is 0.0609. The lowest BCUT2D eigenvalue weighted by Crippen LogP contribution is -2.52. The maximum Gasteiger partial charge on any atom is 0.256 e. The minimum Gasteiger partial charge on any atom is -0.350 e. The van der Waals surface area contributed by atoms with Crippen LogP contribution in [0, 0.1) is 29.3 Å². The molecule has 0 unspecified atom stereocenters. The zero-order valence-corrected chi connectivity index (χ0v) is 13.2. The zero-order valence-electron chi connectivity index (χ0n) is 13.2. The maximum absolute atomic E-state index is 14.2. The summed E-state index contributed by atoms with van der Waals surface area (Å²) in [6, 6.07) is 5.65. The number of anilines is 2. The largest absolute Gasteiger partial charge is 0.350 e. The summed E-state index contributed by atoms with van der Waals surface area (Å²) in [6.07, 6.45) is 0. The van der Waals surface area contributed by atoms with Crippen LogP contribution in [-0.2, 0) is 0 Å². The molecule has 1 saturated heterocycles. The molecule has 1 aliphatic heterocycles. The van der Waals surface area contributed by atoms with E-state index in [4.69, 9.17) is 0 Å². The van der Waals surface area contributed by atoms with Crippen molar-refractivity contribution in [3.05, 3.63) is 63.8 Å². The van der Waals surface area contributed by atoms with Gasteiger partial charge >= 0.3 is 0 Å². The molecule has 1 fully saturated rings. The van der Waals surface area contributed by atoms with Gasteiger partial charge in [0.15, 0.2) is 11.6 Å². The summed E-state index contributed by atoms with van der Waals surface area (Å²) in [5.41, 5.74) is -0.0225. The minimum absolute atomic E-state index is 0.0832. The minimum atomic E-state index is -1.28. The highest BCUT2D eigenvalue weighted by Gasteiger charge is 2.34. The first-order chi connectivity index (χ1) is 11.9. The van der Waals surface area contributed by atoms with Gasteiger partial charge in [-0.2, -0.15) is 4.91 Å². The molecule has 130 valence electrons. The lowest BCUT2D eigenvalue weighted by Gasteiger charge is -2.35. The highest BCUT2D eigenvalue weighted by Crippen LogP contribution is 2.30. The molecular weight excluding hydrogens is 335 g/mol. The smallest absolute Gasteiger partial charge is 0.256 e. The Hall–Kier alpha value is -2.90. The SMILES string of the molecule is Cc1ccc(Nc2c(C(=O)N3CC(N=O)C3)ccc(F)c2F)c(F)c1. The van der Waals surface area contributed by atoms with Gasteiger partial charge in [-0.25, -0.2) is 13.2 Å². The molecule has 1 heterocycles. The van der Waals surface area contributed by atoms with E-state index in [0.717, 1.165) is 12.1 Å². The molecule has 5 nitrogen and oxygen atoms in total. The highest BCUT2D eigenvalue weighted by atomic mass is 19.2. The fraction of sp³-hybridized carbons (Fsp3) is 0.235. The fourth-order valence-electron chi connectivity index (χ4n) is 2.57. The first-order valence-corrected chi connectivity index (χ1v) is 7.53. The van der Waals surface area contributed by atoms with Crippen LogP contribution >= 0.6 is 0 Å². The quantitative estimate of drug-likeness (QED) is 0.855. The lowest BCUT2D eigenvalue weighted by atomic mass is 10.0. The van der Waals surface area contributed by atoms with Crippen LogP contribution in [0.1, 0.15) is 15.9 Å². The molecule has 0 radical (unpaired) electrons. The van der Waals surface area contributed by atoms with Gasteiger partial charge in [-0.3, -0.25) is 4.79 Å². The van der Waals surface area contributed by atoms with E-state index in [-0.39, 0.29) is 24.3 Å². The number of likely N-dealkylation sites (tertiary alicyclic amines) is 1. The number of hydrogen-bond donors (Lipinski definition) is 1. The molecule has 0 atom stereocenters. The van der Waals surface area contributed by atoms with Crippen LogP contribution in [-0.4, -0.2) is 29.9 Å². The molecule has 0 saturated carbocycles. The van der Waals surface area contributed by atoms with Gasteiger partial charge in [0, 0.05) is 13.1 Å². The van der Waals surface area contributed by atoms with Gasteiger partial charge in [0.25, 0.3) is 5.91 Å². The van der Waals surface area contributed by atoms with Gasteiger partial charge < -0.3 is 10.2 Å². The third-order valence-electron chi connectivity index (χ3n) is 4.01. The van der Waals surface area contributed by atoms with E-state index in [1.54, 1.807) is 13.0 Å². The second-order valence-corrected chi connectivity index (χ2v) is 5.86. The van der Waals surface area contributed by atoms with E-state index in [9.17, 15) is 22.9 Å². The van der Waals surface area contributed by atoms with Crippen LogP contribution in [0.3, 0.4) is 0 Å². The average Bonchev–Trinajstić information content (AvgIpc) is 2.53. The number of halogens is 3. The molecule has 0 spiro atoms. The van der Waals surface area contributed by atoms with Crippen molar-refractivity contribution in [2.24, 2.45) is 5.18 Å². The molecule has 0 aliphatic carbocycles. The number of rotatable bonds is 4. The molecule has 2 aromatic carbocycles. The summed E-state index contributed by atoms with van der Waals surface area (Å²) in [6.45, 7) is 1.91. The molecule has 1 aliphatic rings. The van der Waals surface area contributed by atoms with E-state index in [0.29, 0.717) is 5.56 Å². The molecule has 2 aromatic rings. The Morgan fingerprint density at radius 1 is 1.16 bits per heavy atom. The van der Waals surface area contributed by atoms with Crippen molar-refractivity contribution in [2.45, 2.75) is 13.0 Å². The van der Waals surface area contributed by atoms with Crippen LogP contribution < -0.4 is 5.32 Å². The van der Waals surface area contributed by atoms with Crippen LogP contribution in [0.15, 0.2) is 35.5 Å². The van der Waals surface area contributed by atoms with Crippen molar-refractivity contribution >= 4 is 17.3 Å². The third-order valence-corrected chi connectivity index (χ3v) is 4.01. The van der Waals surface area contributed by atoms with Crippen LogP contribution in [0.25, 0.3) is 0 Å². The number of hydrogen-bond acceptors (Lipinski definition) is 4. The first kappa shape index (κ1) is 16.9. The fourth-order valence-corrected chi connectivity index (χ4v) is 2.57. The van der Waals surface area contributed by atoms with Crippen molar-refractivity contribution in [3.63, 3.8) is 0 Å².